The van der Waals surface area contributed by atoms with Crippen molar-refractivity contribution in [1.29, 1.82) is 0 Å². The van der Waals surface area contributed by atoms with Crippen LogP contribution in [0.1, 0.15) is 22.8 Å². The molecule has 0 aliphatic carbocycles. The lowest BCUT2D eigenvalue weighted by Crippen LogP contribution is -2.21. The Morgan fingerprint density at radius 1 is 1.16 bits per heavy atom. The molecule has 0 unspecified atom stereocenters. The minimum atomic E-state index is -0.721. The van der Waals surface area contributed by atoms with E-state index < -0.39 is 11.5 Å². The lowest BCUT2D eigenvalue weighted by molar-refractivity contribution is 0.0523. The van der Waals surface area contributed by atoms with E-state index in [1.165, 1.54) is 17.2 Å². The minimum Gasteiger partial charge on any atom is -0.487 e. The number of nitrogens with zero attached hydrogens (tertiary/aromatic N) is 5. The number of H-pyrrole nitrogens is 1. The van der Waals surface area contributed by atoms with E-state index in [-0.39, 0.29) is 18.0 Å². The maximum atomic E-state index is 12.3. The van der Waals surface area contributed by atoms with Crippen LogP contribution in [0.3, 0.4) is 0 Å². The molecule has 2 aromatic carbocycles. The van der Waals surface area contributed by atoms with Gasteiger partial charge in [-0.05, 0) is 41.1 Å². The molecule has 156 valence electrons. The topological polar surface area (TPSA) is 125 Å². The number of aromatic amines is 1. The smallest absolute Gasteiger partial charge is 0.345 e. The van der Waals surface area contributed by atoms with Gasteiger partial charge in [-0.15, -0.1) is 5.10 Å². The highest BCUT2D eigenvalue weighted by Crippen LogP contribution is 2.28. The zero-order chi connectivity index (χ0) is 21.6. The summed E-state index contributed by atoms with van der Waals surface area (Å²) in [5.41, 5.74) is 1.42. The number of ether oxygens (including phenoxy) is 2. The van der Waals surface area contributed by atoms with Crippen LogP contribution in [0.25, 0.3) is 17.1 Å². The summed E-state index contributed by atoms with van der Waals surface area (Å²) in [6.45, 7) is 2.19. The molecule has 0 amide bonds. The second-order valence-electron chi connectivity index (χ2n) is 6.41. The first kappa shape index (κ1) is 20.0. The van der Waals surface area contributed by atoms with Crippen molar-refractivity contribution in [2.45, 2.75) is 13.5 Å². The zero-order valence-electron chi connectivity index (χ0n) is 16.6. The summed E-state index contributed by atoms with van der Waals surface area (Å²) >= 11 is 0. The van der Waals surface area contributed by atoms with Crippen molar-refractivity contribution in [2.24, 2.45) is 0 Å². The van der Waals surface area contributed by atoms with Gasteiger partial charge in [0.25, 0.3) is 5.56 Å². The van der Waals surface area contributed by atoms with Crippen LogP contribution in [-0.4, -0.2) is 42.8 Å². The summed E-state index contributed by atoms with van der Waals surface area (Å²) in [4.78, 5) is 31.0. The van der Waals surface area contributed by atoms with Gasteiger partial charge in [0.15, 0.2) is 0 Å². The van der Waals surface area contributed by atoms with Gasteiger partial charge < -0.3 is 14.5 Å². The third-order valence-electron chi connectivity index (χ3n) is 4.36. The summed E-state index contributed by atoms with van der Waals surface area (Å²) in [6.07, 6.45) is 2.64. The average molecular weight is 418 g/mol. The van der Waals surface area contributed by atoms with Crippen molar-refractivity contribution < 1.29 is 14.3 Å². The van der Waals surface area contributed by atoms with Crippen LogP contribution in [0, 0.1) is 0 Å². The molecular weight excluding hydrogens is 400 g/mol. The molecule has 0 atom stereocenters. The summed E-state index contributed by atoms with van der Waals surface area (Å²) < 4.78 is 12.3. The van der Waals surface area contributed by atoms with E-state index in [2.05, 4.69) is 25.5 Å². The van der Waals surface area contributed by atoms with Crippen LogP contribution in [0.4, 0.5) is 0 Å². The van der Waals surface area contributed by atoms with Gasteiger partial charge in [0.05, 0.1) is 6.61 Å². The van der Waals surface area contributed by atoms with Gasteiger partial charge in [-0.3, -0.25) is 4.79 Å². The number of tetrazole rings is 1. The number of benzene rings is 2. The minimum absolute atomic E-state index is 0.158. The molecule has 4 rings (SSSR count). The standard InChI is InChI=1S/C21H18N6O4/c1-2-30-21(29)16-11-22-19(24-20(16)28)15-8-9-18(17(10-15)27-13-23-25-26-27)31-12-14-6-4-3-5-7-14/h3-11,13H,2,12H2,1H3,(H,22,24,28). The Balaban J connectivity index is 1.67. The van der Waals surface area contributed by atoms with Gasteiger partial charge in [0.2, 0.25) is 0 Å². The number of rotatable bonds is 7. The molecule has 10 heteroatoms. The van der Waals surface area contributed by atoms with E-state index in [0.29, 0.717) is 23.6 Å². The number of aromatic nitrogens is 6. The highest BCUT2D eigenvalue weighted by atomic mass is 16.5. The molecule has 0 bridgehead atoms. The van der Waals surface area contributed by atoms with E-state index in [1.54, 1.807) is 25.1 Å². The van der Waals surface area contributed by atoms with Crippen molar-refractivity contribution in [3.05, 3.63) is 82.5 Å². The second-order valence-corrected chi connectivity index (χ2v) is 6.41. The fraction of sp³-hybridized carbons (Fsp3) is 0.143. The number of carbonyl (C=O) groups is 1. The maximum absolute atomic E-state index is 12.3. The SMILES string of the molecule is CCOC(=O)c1cnc(-c2ccc(OCc3ccccc3)c(-n3cnnn3)c2)[nH]c1=O. The molecule has 0 radical (unpaired) electrons. The monoisotopic (exact) mass is 418 g/mol. The first-order chi connectivity index (χ1) is 15.2. The van der Waals surface area contributed by atoms with E-state index in [4.69, 9.17) is 9.47 Å². The van der Waals surface area contributed by atoms with E-state index in [9.17, 15) is 9.59 Å². The zero-order valence-corrected chi connectivity index (χ0v) is 16.6. The Labute approximate surface area is 176 Å². The fourth-order valence-corrected chi connectivity index (χ4v) is 2.87. The summed E-state index contributed by atoms with van der Waals surface area (Å²) in [7, 11) is 0. The highest BCUT2D eigenvalue weighted by Gasteiger charge is 2.15. The molecule has 0 spiro atoms. The summed E-state index contributed by atoms with van der Waals surface area (Å²) in [6, 6.07) is 15.0. The lowest BCUT2D eigenvalue weighted by Gasteiger charge is -2.12. The van der Waals surface area contributed by atoms with E-state index >= 15 is 0 Å². The molecule has 2 aromatic heterocycles. The van der Waals surface area contributed by atoms with Crippen LogP contribution < -0.4 is 10.3 Å². The largest absolute Gasteiger partial charge is 0.487 e. The first-order valence-corrected chi connectivity index (χ1v) is 9.46. The molecule has 10 nitrogen and oxygen atoms in total. The van der Waals surface area contributed by atoms with Crippen molar-refractivity contribution in [1.82, 2.24) is 30.2 Å². The predicted molar refractivity (Wildman–Crippen MR) is 110 cm³/mol. The average Bonchev–Trinajstić information content (AvgIpc) is 3.33. The third-order valence-corrected chi connectivity index (χ3v) is 4.36. The quantitative estimate of drug-likeness (QED) is 0.453. The Hall–Kier alpha value is -4.34. The van der Waals surface area contributed by atoms with Gasteiger partial charge in [-0.2, -0.15) is 4.68 Å². The Bertz CT molecular complexity index is 1240. The van der Waals surface area contributed by atoms with Crippen LogP contribution in [0.2, 0.25) is 0 Å². The molecule has 0 saturated heterocycles. The van der Waals surface area contributed by atoms with Gasteiger partial charge in [0, 0.05) is 11.8 Å². The van der Waals surface area contributed by atoms with E-state index in [1.807, 2.05) is 30.3 Å². The Kier molecular flexibility index (Phi) is 5.79. The predicted octanol–water partition coefficient (Wildman–Crippen LogP) is 2.17. The third kappa shape index (κ3) is 4.47. The van der Waals surface area contributed by atoms with Crippen LogP contribution in [-0.2, 0) is 11.3 Å². The normalized spacial score (nSPS) is 10.6. The van der Waals surface area contributed by atoms with Crippen molar-refractivity contribution in [3.63, 3.8) is 0 Å². The van der Waals surface area contributed by atoms with Crippen molar-refractivity contribution in [2.75, 3.05) is 6.61 Å². The molecular formula is C21H18N6O4. The first-order valence-electron chi connectivity index (χ1n) is 9.46. The Morgan fingerprint density at radius 2 is 2.00 bits per heavy atom. The number of esters is 1. The van der Waals surface area contributed by atoms with Gasteiger partial charge >= 0.3 is 5.97 Å². The van der Waals surface area contributed by atoms with Gasteiger partial charge in [0.1, 0.15) is 35.8 Å². The van der Waals surface area contributed by atoms with E-state index in [0.717, 1.165) is 5.56 Å². The molecule has 2 heterocycles. The van der Waals surface area contributed by atoms with Gasteiger partial charge in [-0.25, -0.2) is 9.78 Å². The lowest BCUT2D eigenvalue weighted by atomic mass is 10.1. The second kappa shape index (κ2) is 8.99. The molecule has 0 fully saturated rings. The fourth-order valence-electron chi connectivity index (χ4n) is 2.87. The maximum Gasteiger partial charge on any atom is 0.345 e. The number of hydrogen-bond acceptors (Lipinski definition) is 8. The Morgan fingerprint density at radius 3 is 2.71 bits per heavy atom. The van der Waals surface area contributed by atoms with Crippen LogP contribution in [0.15, 0.2) is 65.8 Å². The van der Waals surface area contributed by atoms with Crippen LogP contribution in [0.5, 0.6) is 5.75 Å². The molecule has 0 aliphatic heterocycles. The highest BCUT2D eigenvalue weighted by molar-refractivity contribution is 5.88. The summed E-state index contributed by atoms with van der Waals surface area (Å²) in [5, 5.41) is 11.3. The number of nitrogens with one attached hydrogen (secondary N) is 1. The van der Waals surface area contributed by atoms with Crippen molar-refractivity contribution in [3.8, 4) is 22.8 Å². The van der Waals surface area contributed by atoms with Gasteiger partial charge in [-0.1, -0.05) is 30.3 Å². The molecule has 1 N–H and O–H groups in total. The molecule has 0 aliphatic rings. The molecule has 31 heavy (non-hydrogen) atoms. The number of hydrogen-bond donors (Lipinski definition) is 1. The molecule has 4 aromatic rings. The number of carbonyl (C=O) groups excluding carboxylic acids is 1. The summed E-state index contributed by atoms with van der Waals surface area (Å²) in [5.74, 6) is 0.106. The van der Waals surface area contributed by atoms with Crippen LogP contribution >= 0.6 is 0 Å². The van der Waals surface area contributed by atoms with Crippen molar-refractivity contribution >= 4 is 5.97 Å². The molecule has 0 saturated carbocycles.